The fourth-order valence-electron chi connectivity index (χ4n) is 1.54. The van der Waals surface area contributed by atoms with E-state index in [0.717, 1.165) is 22.3 Å². The minimum atomic E-state index is 0.495. The molecule has 15 heavy (non-hydrogen) atoms. The van der Waals surface area contributed by atoms with Gasteiger partial charge in [-0.3, -0.25) is 4.98 Å². The van der Waals surface area contributed by atoms with Gasteiger partial charge in [0.15, 0.2) is 0 Å². The molecule has 0 aliphatic rings. The third-order valence-electron chi connectivity index (χ3n) is 2.27. The van der Waals surface area contributed by atoms with Crippen LogP contribution in [0.5, 0.6) is 0 Å². The monoisotopic (exact) mass is 202 g/mol. The SMILES string of the molecule is COCNc1cccc2ccc(C)nc12. The average molecular weight is 202 g/mol. The van der Waals surface area contributed by atoms with E-state index in [1.807, 2.05) is 25.1 Å². The lowest BCUT2D eigenvalue weighted by Crippen LogP contribution is -2.03. The maximum absolute atomic E-state index is 4.99. The predicted octanol–water partition coefficient (Wildman–Crippen LogP) is 2.56. The van der Waals surface area contributed by atoms with Crippen LogP contribution in [0.3, 0.4) is 0 Å². The van der Waals surface area contributed by atoms with Crippen molar-refractivity contribution < 1.29 is 4.74 Å². The second-order valence-corrected chi connectivity index (χ2v) is 3.44. The molecule has 0 saturated heterocycles. The Hall–Kier alpha value is -1.61. The Balaban J connectivity index is 2.48. The predicted molar refractivity (Wildman–Crippen MR) is 62.0 cm³/mol. The van der Waals surface area contributed by atoms with E-state index in [1.165, 1.54) is 0 Å². The van der Waals surface area contributed by atoms with Crippen molar-refractivity contribution in [3.63, 3.8) is 0 Å². The molecule has 0 radical (unpaired) electrons. The lowest BCUT2D eigenvalue weighted by atomic mass is 10.2. The van der Waals surface area contributed by atoms with Gasteiger partial charge >= 0.3 is 0 Å². The van der Waals surface area contributed by atoms with Gasteiger partial charge in [-0.15, -0.1) is 0 Å². The number of hydrogen-bond acceptors (Lipinski definition) is 3. The molecule has 2 rings (SSSR count). The summed E-state index contributed by atoms with van der Waals surface area (Å²) in [6.07, 6.45) is 0. The third kappa shape index (κ3) is 2.07. The fourth-order valence-corrected chi connectivity index (χ4v) is 1.54. The summed E-state index contributed by atoms with van der Waals surface area (Å²) < 4.78 is 4.99. The van der Waals surface area contributed by atoms with Gasteiger partial charge < -0.3 is 10.1 Å². The molecular formula is C12H14N2O. The Bertz CT molecular complexity index is 468. The molecule has 0 fully saturated rings. The first-order chi connectivity index (χ1) is 7.31. The van der Waals surface area contributed by atoms with Crippen LogP contribution in [-0.2, 0) is 4.74 Å². The first-order valence-electron chi connectivity index (χ1n) is 4.90. The van der Waals surface area contributed by atoms with Gasteiger partial charge in [-0.2, -0.15) is 0 Å². The Kier molecular flexibility index (Phi) is 2.83. The molecule has 3 heteroatoms. The number of rotatable bonds is 3. The number of aryl methyl sites for hydroxylation is 1. The van der Waals surface area contributed by atoms with Crippen molar-refractivity contribution in [1.29, 1.82) is 0 Å². The van der Waals surface area contributed by atoms with Crippen LogP contribution in [-0.4, -0.2) is 18.8 Å². The number of hydrogen-bond donors (Lipinski definition) is 1. The molecule has 0 saturated carbocycles. The van der Waals surface area contributed by atoms with Crippen LogP contribution < -0.4 is 5.32 Å². The Labute approximate surface area is 89.1 Å². The molecule has 1 N–H and O–H groups in total. The molecule has 0 spiro atoms. The molecule has 1 aromatic heterocycles. The second-order valence-electron chi connectivity index (χ2n) is 3.44. The number of ether oxygens (including phenoxy) is 1. The summed E-state index contributed by atoms with van der Waals surface area (Å²) in [5.74, 6) is 0. The summed E-state index contributed by atoms with van der Waals surface area (Å²) in [4.78, 5) is 4.51. The molecule has 0 unspecified atom stereocenters. The number of benzene rings is 1. The van der Waals surface area contributed by atoms with Crippen molar-refractivity contribution in [2.75, 3.05) is 19.2 Å². The van der Waals surface area contributed by atoms with E-state index in [0.29, 0.717) is 6.73 Å². The highest BCUT2D eigenvalue weighted by Gasteiger charge is 2.01. The molecule has 3 nitrogen and oxygen atoms in total. The molecule has 0 aliphatic carbocycles. The van der Waals surface area contributed by atoms with Gasteiger partial charge in [0, 0.05) is 18.2 Å². The number of pyridine rings is 1. The molecule has 0 bridgehead atoms. The quantitative estimate of drug-likeness (QED) is 0.777. The molecule has 2 aromatic rings. The van der Waals surface area contributed by atoms with E-state index in [4.69, 9.17) is 4.74 Å². The molecule has 1 aromatic carbocycles. The van der Waals surface area contributed by atoms with Crippen LogP contribution in [0.25, 0.3) is 10.9 Å². The zero-order valence-corrected chi connectivity index (χ0v) is 8.95. The lowest BCUT2D eigenvalue weighted by molar-refractivity contribution is 0.221. The topological polar surface area (TPSA) is 34.1 Å². The van der Waals surface area contributed by atoms with Crippen molar-refractivity contribution in [3.8, 4) is 0 Å². The van der Waals surface area contributed by atoms with Crippen molar-refractivity contribution in [2.45, 2.75) is 6.92 Å². The van der Waals surface area contributed by atoms with Gasteiger partial charge in [0.1, 0.15) is 6.73 Å². The summed E-state index contributed by atoms with van der Waals surface area (Å²) in [6, 6.07) is 10.2. The summed E-state index contributed by atoms with van der Waals surface area (Å²) in [6.45, 7) is 2.49. The third-order valence-corrected chi connectivity index (χ3v) is 2.27. The van der Waals surface area contributed by atoms with Crippen LogP contribution >= 0.6 is 0 Å². The summed E-state index contributed by atoms with van der Waals surface area (Å²) >= 11 is 0. The van der Waals surface area contributed by atoms with Gasteiger partial charge in [-0.1, -0.05) is 18.2 Å². The van der Waals surface area contributed by atoms with Crippen LogP contribution in [0, 0.1) is 6.92 Å². The highest BCUT2D eigenvalue weighted by molar-refractivity contribution is 5.90. The highest BCUT2D eigenvalue weighted by atomic mass is 16.5. The van der Waals surface area contributed by atoms with Gasteiger partial charge in [0.2, 0.25) is 0 Å². The summed E-state index contributed by atoms with van der Waals surface area (Å²) in [7, 11) is 1.66. The number of nitrogens with zero attached hydrogens (tertiary/aromatic N) is 1. The minimum absolute atomic E-state index is 0.495. The molecule has 78 valence electrons. The molecule has 0 amide bonds. The number of para-hydroxylation sites is 1. The lowest BCUT2D eigenvalue weighted by Gasteiger charge is -2.08. The fraction of sp³-hybridized carbons (Fsp3) is 0.250. The maximum Gasteiger partial charge on any atom is 0.116 e. The molecule has 0 aliphatic heterocycles. The highest BCUT2D eigenvalue weighted by Crippen LogP contribution is 2.21. The maximum atomic E-state index is 4.99. The zero-order valence-electron chi connectivity index (χ0n) is 8.95. The van der Waals surface area contributed by atoms with Gasteiger partial charge in [-0.05, 0) is 19.1 Å². The number of aromatic nitrogens is 1. The van der Waals surface area contributed by atoms with Crippen LogP contribution in [0.1, 0.15) is 5.69 Å². The number of methoxy groups -OCH3 is 1. The number of anilines is 1. The average Bonchev–Trinajstić information content (AvgIpc) is 2.26. The van der Waals surface area contributed by atoms with Crippen molar-refractivity contribution in [2.24, 2.45) is 0 Å². The van der Waals surface area contributed by atoms with Crippen molar-refractivity contribution in [3.05, 3.63) is 36.0 Å². The van der Waals surface area contributed by atoms with Crippen LogP contribution in [0.15, 0.2) is 30.3 Å². The second kappa shape index (κ2) is 4.28. The zero-order chi connectivity index (χ0) is 10.7. The van der Waals surface area contributed by atoms with E-state index < -0.39 is 0 Å². The van der Waals surface area contributed by atoms with E-state index in [1.54, 1.807) is 7.11 Å². The Morgan fingerprint density at radius 2 is 2.13 bits per heavy atom. The smallest absolute Gasteiger partial charge is 0.116 e. The minimum Gasteiger partial charge on any atom is -0.365 e. The number of fused-ring (bicyclic) bond motifs is 1. The van der Waals surface area contributed by atoms with Gasteiger partial charge in [-0.25, -0.2) is 0 Å². The van der Waals surface area contributed by atoms with Crippen molar-refractivity contribution in [1.82, 2.24) is 4.98 Å². The Morgan fingerprint density at radius 1 is 1.27 bits per heavy atom. The number of nitrogens with one attached hydrogen (secondary N) is 1. The van der Waals surface area contributed by atoms with Crippen molar-refractivity contribution >= 4 is 16.6 Å². The molecular weight excluding hydrogens is 188 g/mol. The summed E-state index contributed by atoms with van der Waals surface area (Å²) in [5.41, 5.74) is 3.03. The standard InChI is InChI=1S/C12H14N2O/c1-9-6-7-10-4-3-5-11(12(10)14-9)13-8-15-2/h3-7,13H,8H2,1-2H3. The van der Waals surface area contributed by atoms with Crippen LogP contribution in [0.4, 0.5) is 5.69 Å². The normalized spacial score (nSPS) is 10.5. The van der Waals surface area contributed by atoms with Crippen LogP contribution in [0.2, 0.25) is 0 Å². The Morgan fingerprint density at radius 3 is 2.93 bits per heavy atom. The first-order valence-corrected chi connectivity index (χ1v) is 4.90. The van der Waals surface area contributed by atoms with Gasteiger partial charge in [0.25, 0.3) is 0 Å². The first kappa shape index (κ1) is 9.93. The van der Waals surface area contributed by atoms with E-state index in [9.17, 15) is 0 Å². The van der Waals surface area contributed by atoms with E-state index >= 15 is 0 Å². The van der Waals surface area contributed by atoms with Gasteiger partial charge in [0.05, 0.1) is 11.2 Å². The van der Waals surface area contributed by atoms with E-state index in [-0.39, 0.29) is 0 Å². The largest absolute Gasteiger partial charge is 0.365 e. The summed E-state index contributed by atoms with van der Waals surface area (Å²) in [5, 5.41) is 4.32. The molecule has 0 atom stereocenters. The molecule has 1 heterocycles. The van der Waals surface area contributed by atoms with E-state index in [2.05, 4.69) is 22.4 Å².